The molecule has 1 N–H and O–H groups in total. The van der Waals surface area contributed by atoms with E-state index < -0.39 is 0 Å². The molecular weight excluding hydrogens is 365 g/mol. The average Bonchev–Trinajstić information content (AvgIpc) is 2.83. The van der Waals surface area contributed by atoms with Gasteiger partial charge in [0.2, 0.25) is 0 Å². The van der Waals surface area contributed by atoms with Crippen LogP contribution in [0, 0.1) is 5.41 Å². The van der Waals surface area contributed by atoms with Gasteiger partial charge in [-0.1, -0.05) is 56.1 Å². The van der Waals surface area contributed by atoms with Gasteiger partial charge in [0, 0.05) is 22.3 Å². The minimum absolute atomic E-state index is 0.113. The zero-order chi connectivity index (χ0) is 19.1. The summed E-state index contributed by atoms with van der Waals surface area (Å²) in [7, 11) is 0. The van der Waals surface area contributed by atoms with Crippen molar-refractivity contribution in [3.05, 3.63) is 52.6 Å². The number of rotatable bonds is 4. The van der Waals surface area contributed by atoms with Crippen molar-refractivity contribution < 1.29 is 0 Å². The molecule has 1 aromatic carbocycles. The first-order chi connectivity index (χ1) is 12.0. The van der Waals surface area contributed by atoms with Crippen LogP contribution < -0.4 is 5.32 Å². The monoisotopic (exact) mass is 389 g/mol. The molecule has 138 valence electrons. The highest BCUT2D eigenvalue weighted by molar-refractivity contribution is 6.30. The number of halogens is 2. The third kappa shape index (κ3) is 4.33. The molecule has 0 radical (unpaired) electrons. The number of hydrogen-bond acceptors (Lipinski definition) is 2. The number of anilines is 1. The fourth-order valence-electron chi connectivity index (χ4n) is 3.64. The first-order valence-electron chi connectivity index (χ1n) is 8.76. The summed E-state index contributed by atoms with van der Waals surface area (Å²) in [5.41, 5.74) is 2.86. The van der Waals surface area contributed by atoms with Crippen LogP contribution in [0.1, 0.15) is 41.0 Å². The predicted octanol–water partition coefficient (Wildman–Crippen LogP) is 6.93. The van der Waals surface area contributed by atoms with Crippen LogP contribution in [0.15, 0.2) is 42.6 Å². The molecule has 2 aromatic heterocycles. The standard InChI is InChI=1S/C21H25Cl2N3/c1-20(2,3)13-21(4,5)25-19-18(14-6-8-15(22)9-7-14)24-17-11-10-16(23)12-26(17)19/h6-12,25H,13H2,1-5H3. The third-order valence-electron chi connectivity index (χ3n) is 4.13. The van der Waals surface area contributed by atoms with Gasteiger partial charge in [0.15, 0.2) is 0 Å². The van der Waals surface area contributed by atoms with Gasteiger partial charge in [-0.3, -0.25) is 4.40 Å². The number of hydrogen-bond donors (Lipinski definition) is 1. The van der Waals surface area contributed by atoms with Crippen LogP contribution >= 0.6 is 23.2 Å². The quantitative estimate of drug-likeness (QED) is 0.523. The molecule has 2 heterocycles. The van der Waals surface area contributed by atoms with E-state index in [9.17, 15) is 0 Å². The second-order valence-electron chi connectivity index (χ2n) is 8.64. The normalized spacial score (nSPS) is 12.6. The number of nitrogens with one attached hydrogen (secondary N) is 1. The average molecular weight is 390 g/mol. The SMILES string of the molecule is CC(C)(C)CC(C)(C)Nc1c(-c2ccc(Cl)cc2)nc2ccc(Cl)cn12. The Labute approximate surface area is 165 Å². The highest BCUT2D eigenvalue weighted by Crippen LogP contribution is 2.35. The van der Waals surface area contributed by atoms with Crippen molar-refractivity contribution in [3.8, 4) is 11.3 Å². The molecule has 3 nitrogen and oxygen atoms in total. The van der Waals surface area contributed by atoms with Gasteiger partial charge < -0.3 is 5.32 Å². The highest BCUT2D eigenvalue weighted by Gasteiger charge is 2.28. The Hall–Kier alpha value is -1.71. The molecule has 3 rings (SSSR count). The summed E-state index contributed by atoms with van der Waals surface area (Å²) in [4.78, 5) is 4.83. The second kappa shape index (κ2) is 6.79. The molecule has 0 unspecified atom stereocenters. The van der Waals surface area contributed by atoms with Gasteiger partial charge >= 0.3 is 0 Å². The van der Waals surface area contributed by atoms with Crippen molar-refractivity contribution >= 4 is 34.7 Å². The molecule has 0 saturated heterocycles. The minimum atomic E-state index is -0.113. The first-order valence-corrected chi connectivity index (χ1v) is 9.51. The zero-order valence-corrected chi connectivity index (χ0v) is 17.4. The second-order valence-corrected chi connectivity index (χ2v) is 9.51. The lowest BCUT2D eigenvalue weighted by atomic mass is 9.82. The number of nitrogens with zero attached hydrogens (tertiary/aromatic N) is 2. The molecule has 0 aliphatic carbocycles. The Morgan fingerprint density at radius 2 is 1.54 bits per heavy atom. The van der Waals surface area contributed by atoms with E-state index in [0.717, 1.165) is 29.1 Å². The maximum absolute atomic E-state index is 6.25. The molecule has 0 aliphatic heterocycles. The van der Waals surface area contributed by atoms with Crippen molar-refractivity contribution in [2.24, 2.45) is 5.41 Å². The predicted molar refractivity (Wildman–Crippen MR) is 112 cm³/mol. The Morgan fingerprint density at radius 3 is 2.15 bits per heavy atom. The highest BCUT2D eigenvalue weighted by atomic mass is 35.5. The Balaban J connectivity index is 2.13. The van der Waals surface area contributed by atoms with Gasteiger partial charge in [0.05, 0.1) is 5.02 Å². The van der Waals surface area contributed by atoms with Crippen LogP contribution in [-0.4, -0.2) is 14.9 Å². The Morgan fingerprint density at radius 1 is 0.923 bits per heavy atom. The zero-order valence-electron chi connectivity index (χ0n) is 15.9. The molecule has 0 aliphatic rings. The van der Waals surface area contributed by atoms with Crippen molar-refractivity contribution in [2.45, 2.75) is 46.6 Å². The van der Waals surface area contributed by atoms with Crippen molar-refractivity contribution in [1.82, 2.24) is 9.38 Å². The molecule has 0 atom stereocenters. The summed E-state index contributed by atoms with van der Waals surface area (Å²) in [6.45, 7) is 11.2. The van der Waals surface area contributed by atoms with E-state index in [1.165, 1.54) is 0 Å². The van der Waals surface area contributed by atoms with E-state index in [1.54, 1.807) is 0 Å². The molecule has 0 bridgehead atoms. The fourth-order valence-corrected chi connectivity index (χ4v) is 3.92. The molecule has 0 fully saturated rings. The van der Waals surface area contributed by atoms with Crippen LogP contribution in [0.4, 0.5) is 5.82 Å². The third-order valence-corrected chi connectivity index (χ3v) is 4.60. The molecule has 26 heavy (non-hydrogen) atoms. The summed E-state index contributed by atoms with van der Waals surface area (Å²) in [5, 5.41) is 5.10. The van der Waals surface area contributed by atoms with E-state index in [-0.39, 0.29) is 11.0 Å². The van der Waals surface area contributed by atoms with Gasteiger partial charge in [-0.25, -0.2) is 4.98 Å². The summed E-state index contributed by atoms with van der Waals surface area (Å²) in [6.07, 6.45) is 2.91. The lowest BCUT2D eigenvalue weighted by molar-refractivity contribution is 0.302. The van der Waals surface area contributed by atoms with Crippen LogP contribution in [0.2, 0.25) is 10.0 Å². The molecule has 5 heteroatoms. The first kappa shape index (κ1) is 19.1. The Kier molecular flexibility index (Phi) is 4.98. The molecule has 3 aromatic rings. The van der Waals surface area contributed by atoms with Crippen molar-refractivity contribution in [1.29, 1.82) is 0 Å². The summed E-state index contributed by atoms with van der Waals surface area (Å²) < 4.78 is 2.02. The Bertz CT molecular complexity index is 919. The van der Waals surface area contributed by atoms with E-state index in [2.05, 4.69) is 39.9 Å². The van der Waals surface area contributed by atoms with E-state index in [4.69, 9.17) is 28.2 Å². The summed E-state index contributed by atoms with van der Waals surface area (Å²) in [6, 6.07) is 11.6. The van der Waals surface area contributed by atoms with Gasteiger partial charge in [0.1, 0.15) is 17.2 Å². The lowest BCUT2D eigenvalue weighted by Crippen LogP contribution is -2.36. The van der Waals surface area contributed by atoms with Crippen LogP contribution in [0.5, 0.6) is 0 Å². The van der Waals surface area contributed by atoms with Crippen molar-refractivity contribution in [3.63, 3.8) is 0 Å². The number of aromatic nitrogens is 2. The molecule has 0 amide bonds. The van der Waals surface area contributed by atoms with Gasteiger partial charge in [-0.15, -0.1) is 0 Å². The van der Waals surface area contributed by atoms with E-state index in [1.807, 2.05) is 47.0 Å². The summed E-state index contributed by atoms with van der Waals surface area (Å²) >= 11 is 12.3. The smallest absolute Gasteiger partial charge is 0.139 e. The largest absolute Gasteiger partial charge is 0.364 e. The fraction of sp³-hybridized carbons (Fsp3) is 0.381. The van der Waals surface area contributed by atoms with Crippen molar-refractivity contribution in [2.75, 3.05) is 5.32 Å². The maximum atomic E-state index is 6.25. The maximum Gasteiger partial charge on any atom is 0.139 e. The summed E-state index contributed by atoms with van der Waals surface area (Å²) in [5.74, 6) is 0.944. The van der Waals surface area contributed by atoms with Crippen LogP contribution in [0.3, 0.4) is 0 Å². The van der Waals surface area contributed by atoms with Crippen LogP contribution in [-0.2, 0) is 0 Å². The topological polar surface area (TPSA) is 29.3 Å². The number of imidazole rings is 1. The minimum Gasteiger partial charge on any atom is -0.364 e. The van der Waals surface area contributed by atoms with Gasteiger partial charge in [-0.2, -0.15) is 0 Å². The molecular formula is C21H25Cl2N3. The van der Waals surface area contributed by atoms with Gasteiger partial charge in [0.25, 0.3) is 0 Å². The van der Waals surface area contributed by atoms with Crippen LogP contribution in [0.25, 0.3) is 16.9 Å². The molecule has 0 saturated carbocycles. The number of pyridine rings is 1. The van der Waals surface area contributed by atoms with E-state index >= 15 is 0 Å². The number of benzene rings is 1. The van der Waals surface area contributed by atoms with Gasteiger partial charge in [-0.05, 0) is 49.9 Å². The number of fused-ring (bicyclic) bond motifs is 1. The van der Waals surface area contributed by atoms with E-state index in [0.29, 0.717) is 10.0 Å². The lowest BCUT2D eigenvalue weighted by Gasteiger charge is -2.34. The molecule has 0 spiro atoms.